The van der Waals surface area contributed by atoms with Gasteiger partial charge in [-0.2, -0.15) is 0 Å². The zero-order chi connectivity index (χ0) is 23.9. The lowest BCUT2D eigenvalue weighted by atomic mass is 9.54. The summed E-state index contributed by atoms with van der Waals surface area (Å²) in [7, 11) is 2.92. The number of phenolic OH excluding ortho intramolecular Hbond substituents is 1. The lowest BCUT2D eigenvalue weighted by Crippen LogP contribution is -2.70. The molecule has 0 radical (unpaired) electrons. The summed E-state index contributed by atoms with van der Waals surface area (Å²) in [6, 6.07) is 3.13. The number of ketones is 2. The number of aliphatic hydroxyl groups is 4. The van der Waals surface area contributed by atoms with Gasteiger partial charge in [-0.05, 0) is 31.6 Å². The van der Waals surface area contributed by atoms with Crippen molar-refractivity contribution in [2.75, 3.05) is 14.1 Å². The highest BCUT2D eigenvalue weighted by molar-refractivity contribution is 6.24. The van der Waals surface area contributed by atoms with Gasteiger partial charge in [0.15, 0.2) is 11.4 Å². The van der Waals surface area contributed by atoms with Crippen molar-refractivity contribution in [3.8, 4) is 5.75 Å². The van der Waals surface area contributed by atoms with Crippen LogP contribution in [0.1, 0.15) is 24.0 Å². The van der Waals surface area contributed by atoms with Crippen LogP contribution in [0.2, 0.25) is 0 Å². The summed E-state index contributed by atoms with van der Waals surface area (Å²) < 4.78 is 0. The molecule has 0 aliphatic heterocycles. The maximum absolute atomic E-state index is 13.7. The Balaban J connectivity index is 2.07. The van der Waals surface area contributed by atoms with E-state index in [-0.39, 0.29) is 11.3 Å². The molecule has 0 aromatic heterocycles. The number of aromatic hydroxyl groups is 1. The predicted molar refractivity (Wildman–Crippen MR) is 110 cm³/mol. The van der Waals surface area contributed by atoms with Gasteiger partial charge in [0.2, 0.25) is 5.78 Å². The van der Waals surface area contributed by atoms with Crippen molar-refractivity contribution >= 4 is 23.2 Å². The fraction of sp³-hybridized carbons (Fsp3) is 0.409. The summed E-state index contributed by atoms with van der Waals surface area (Å²) in [6.45, 7) is 1.68. The second-order valence-corrected chi connectivity index (χ2v) is 8.79. The van der Waals surface area contributed by atoms with Crippen LogP contribution in [0.15, 0.2) is 35.1 Å². The van der Waals surface area contributed by atoms with Gasteiger partial charge in [-0.25, -0.2) is 0 Å². The molecule has 3 aliphatic carbocycles. The van der Waals surface area contributed by atoms with Crippen LogP contribution in [-0.4, -0.2) is 79.7 Å². The van der Waals surface area contributed by atoms with Crippen LogP contribution in [0.5, 0.6) is 5.75 Å². The van der Waals surface area contributed by atoms with E-state index in [9.17, 15) is 39.9 Å². The molecule has 170 valence electrons. The predicted octanol–water partition coefficient (Wildman–Crippen LogP) is -0.504. The maximum Gasteiger partial charge on any atom is 0.255 e. The number of nitrogens with two attached hydrogens (primary N) is 1. The first-order valence-corrected chi connectivity index (χ1v) is 10.0. The number of hydrogen-bond donors (Lipinski definition) is 6. The van der Waals surface area contributed by atoms with Gasteiger partial charge in [0, 0.05) is 11.5 Å². The summed E-state index contributed by atoms with van der Waals surface area (Å²) >= 11 is 0. The van der Waals surface area contributed by atoms with E-state index in [1.807, 2.05) is 0 Å². The minimum atomic E-state index is -2.89. The summed E-state index contributed by atoms with van der Waals surface area (Å²) in [4.78, 5) is 40.0. The Bertz CT molecular complexity index is 1140. The van der Waals surface area contributed by atoms with E-state index >= 15 is 0 Å². The Morgan fingerprint density at radius 1 is 1.16 bits per heavy atom. The molecular weight excluding hydrogens is 420 g/mol. The first kappa shape index (κ1) is 22.0. The third kappa shape index (κ3) is 2.48. The monoisotopic (exact) mass is 444 g/mol. The van der Waals surface area contributed by atoms with Crippen molar-refractivity contribution in [2.24, 2.45) is 17.6 Å². The molecule has 0 bridgehead atoms. The van der Waals surface area contributed by atoms with Gasteiger partial charge in [-0.15, -0.1) is 0 Å². The number of nitrogens with zero attached hydrogens (tertiary/aromatic N) is 1. The molecule has 0 spiro atoms. The molecule has 1 aromatic carbocycles. The third-order valence-corrected chi connectivity index (χ3v) is 6.99. The molecule has 3 unspecified atom stereocenters. The number of likely N-dealkylation sites (N-methyl/N-ethyl adjacent to an activating group) is 1. The van der Waals surface area contributed by atoms with E-state index in [4.69, 9.17) is 5.73 Å². The zero-order valence-electron chi connectivity index (χ0n) is 17.6. The molecule has 1 aromatic rings. The Labute approximate surface area is 182 Å². The Kier molecular flexibility index (Phi) is 4.74. The largest absolute Gasteiger partial charge is 0.508 e. The van der Waals surface area contributed by atoms with Gasteiger partial charge >= 0.3 is 0 Å². The minimum Gasteiger partial charge on any atom is -0.508 e. The number of hydrogen-bond acceptors (Lipinski definition) is 9. The van der Waals surface area contributed by atoms with Crippen LogP contribution in [0.25, 0.3) is 5.76 Å². The maximum atomic E-state index is 13.7. The smallest absolute Gasteiger partial charge is 0.255 e. The number of carbonyl (C=O) groups excluding carboxylic acids is 3. The van der Waals surface area contributed by atoms with Crippen molar-refractivity contribution in [3.05, 3.63) is 46.2 Å². The fourth-order valence-corrected chi connectivity index (χ4v) is 5.58. The average Bonchev–Trinajstić information content (AvgIpc) is 2.70. The number of fused-ring (bicyclic) bond motifs is 3. The van der Waals surface area contributed by atoms with Gasteiger partial charge in [0.25, 0.3) is 5.91 Å². The normalized spacial score (nSPS) is 34.4. The molecular formula is C22H24N2O8. The number of phenols is 1. The van der Waals surface area contributed by atoms with E-state index in [0.717, 1.165) is 0 Å². The van der Waals surface area contributed by atoms with Crippen LogP contribution < -0.4 is 5.73 Å². The van der Waals surface area contributed by atoms with E-state index in [2.05, 4.69) is 0 Å². The lowest BCUT2D eigenvalue weighted by Gasteiger charge is -2.53. The highest BCUT2D eigenvalue weighted by atomic mass is 16.4. The van der Waals surface area contributed by atoms with Gasteiger partial charge in [-0.3, -0.25) is 19.3 Å². The van der Waals surface area contributed by atoms with E-state index in [1.165, 1.54) is 25.1 Å². The van der Waals surface area contributed by atoms with Gasteiger partial charge in [0.05, 0.1) is 23.6 Å². The molecule has 0 heterocycles. The fourth-order valence-electron chi connectivity index (χ4n) is 5.58. The molecule has 1 saturated carbocycles. The molecule has 10 heteroatoms. The minimum absolute atomic E-state index is 0.0245. The van der Waals surface area contributed by atoms with Crippen molar-refractivity contribution in [1.29, 1.82) is 0 Å². The molecule has 0 saturated heterocycles. The summed E-state index contributed by atoms with van der Waals surface area (Å²) in [6.07, 6.45) is -1.59. The molecule has 4 rings (SSSR count). The number of carbonyl (C=O) groups is 3. The van der Waals surface area contributed by atoms with Crippen molar-refractivity contribution in [1.82, 2.24) is 4.90 Å². The summed E-state index contributed by atoms with van der Waals surface area (Å²) in [5.74, 6) is -8.87. The second kappa shape index (κ2) is 6.89. The van der Waals surface area contributed by atoms with E-state index in [1.54, 1.807) is 19.1 Å². The first-order chi connectivity index (χ1) is 14.9. The average molecular weight is 444 g/mol. The quantitative estimate of drug-likeness (QED) is 0.327. The molecule has 3 aliphatic rings. The van der Waals surface area contributed by atoms with Gasteiger partial charge < -0.3 is 31.3 Å². The van der Waals surface area contributed by atoms with Crippen LogP contribution in [0.4, 0.5) is 0 Å². The molecule has 6 atom stereocenters. The number of Topliss-reactive ketones (excluding diaryl/α,β-unsaturated/α-hetero) is 2. The highest BCUT2D eigenvalue weighted by Crippen LogP contribution is 2.55. The lowest BCUT2D eigenvalue weighted by molar-refractivity contribution is -0.169. The second-order valence-electron chi connectivity index (χ2n) is 8.79. The zero-order valence-corrected chi connectivity index (χ0v) is 17.6. The van der Waals surface area contributed by atoms with Crippen molar-refractivity contribution in [3.63, 3.8) is 0 Å². The molecule has 1 fully saturated rings. The summed E-state index contributed by atoms with van der Waals surface area (Å²) in [5.41, 5.74) is 1.47. The molecule has 10 nitrogen and oxygen atoms in total. The molecule has 32 heavy (non-hydrogen) atoms. The van der Waals surface area contributed by atoms with Crippen LogP contribution >= 0.6 is 0 Å². The standard InChI is InChI=1S/C22H24N2O8/c1-7-8-5-4-6-9(25)11(8)16(26)12-10(7)17(27)14-15(24(2)3)18(28)13(21(23)31)20(30)22(14,32)19(12)29/h4-7,10,14-15,17,25-27,30,32H,1-3H3,(H2,23,31)/t7-,10?,14?,15-,17?,22-/m1/s1. The topological polar surface area (TPSA) is 182 Å². The van der Waals surface area contributed by atoms with Crippen LogP contribution in [0, 0.1) is 11.8 Å². The van der Waals surface area contributed by atoms with Crippen molar-refractivity contribution in [2.45, 2.75) is 30.6 Å². The SMILES string of the molecule is C[C@@H]1c2cccc(O)c2C(O)=C2C(=O)[C@@]3(O)C(O)=C(C(N)=O)C(=O)[C@H](N(C)C)C3C(O)C21. The number of primary amides is 1. The number of benzene rings is 1. The van der Waals surface area contributed by atoms with E-state index < -0.39 is 75.6 Å². The van der Waals surface area contributed by atoms with Gasteiger partial charge in [-0.1, -0.05) is 19.1 Å². The van der Waals surface area contributed by atoms with Gasteiger partial charge in [0.1, 0.15) is 22.8 Å². The third-order valence-electron chi connectivity index (χ3n) is 6.99. The first-order valence-electron chi connectivity index (χ1n) is 10.0. The summed E-state index contributed by atoms with van der Waals surface area (Å²) in [5, 5.41) is 54.9. The number of rotatable bonds is 2. The van der Waals surface area contributed by atoms with Crippen LogP contribution in [-0.2, 0) is 14.4 Å². The van der Waals surface area contributed by atoms with Crippen molar-refractivity contribution < 1.29 is 39.9 Å². The molecule has 1 amide bonds. The Hall–Kier alpha value is -3.21. The Morgan fingerprint density at radius 2 is 1.78 bits per heavy atom. The Morgan fingerprint density at radius 3 is 2.34 bits per heavy atom. The highest BCUT2D eigenvalue weighted by Gasteiger charge is 2.68. The number of amides is 1. The number of aliphatic hydroxyl groups excluding tert-OH is 3. The van der Waals surface area contributed by atoms with Crippen LogP contribution in [0.3, 0.4) is 0 Å². The molecule has 7 N–H and O–H groups in total. The van der Waals surface area contributed by atoms with E-state index in [0.29, 0.717) is 5.56 Å².